The molecule has 1 fully saturated rings. The minimum atomic E-state index is -0.779. The first-order chi connectivity index (χ1) is 10.6. The number of aliphatic hydroxyl groups is 2. The smallest absolute Gasteiger partial charge is 0.231 e. The lowest BCUT2D eigenvalue weighted by Gasteiger charge is -2.48. The molecule has 5 rings (SSSR count). The van der Waals surface area contributed by atoms with E-state index in [1.165, 1.54) is 11.1 Å². The molecule has 4 aliphatic rings. The third-order valence-corrected chi connectivity index (χ3v) is 5.93. The fourth-order valence-corrected chi connectivity index (χ4v) is 4.96. The quantitative estimate of drug-likeness (QED) is 0.552. The van der Waals surface area contributed by atoms with Crippen molar-refractivity contribution < 1.29 is 24.2 Å². The molecule has 0 radical (unpaired) electrons. The molecule has 1 saturated heterocycles. The van der Waals surface area contributed by atoms with E-state index in [2.05, 4.69) is 13.1 Å². The summed E-state index contributed by atoms with van der Waals surface area (Å²) in [5.41, 5.74) is 3.62. The molecule has 1 aromatic rings. The number of quaternary nitrogens is 1. The summed E-state index contributed by atoms with van der Waals surface area (Å²) in [6.07, 6.45) is 1.35. The van der Waals surface area contributed by atoms with Gasteiger partial charge in [-0.2, -0.15) is 0 Å². The molecule has 116 valence electrons. The van der Waals surface area contributed by atoms with Gasteiger partial charge in [-0.3, -0.25) is 0 Å². The van der Waals surface area contributed by atoms with Crippen LogP contribution in [-0.2, 0) is 6.54 Å². The summed E-state index contributed by atoms with van der Waals surface area (Å²) in [7, 11) is 2.26. The van der Waals surface area contributed by atoms with Gasteiger partial charge in [-0.05, 0) is 29.3 Å². The van der Waals surface area contributed by atoms with Gasteiger partial charge in [0.05, 0.1) is 31.7 Å². The lowest BCUT2D eigenvalue weighted by atomic mass is 9.72. The Morgan fingerprint density at radius 2 is 1.95 bits per heavy atom. The molecule has 3 aliphatic heterocycles. The molecule has 0 bridgehead atoms. The molecule has 5 nitrogen and oxygen atoms in total. The van der Waals surface area contributed by atoms with E-state index in [1.807, 2.05) is 12.1 Å². The van der Waals surface area contributed by atoms with Crippen LogP contribution in [0.5, 0.6) is 11.5 Å². The van der Waals surface area contributed by atoms with E-state index >= 15 is 0 Å². The van der Waals surface area contributed by atoms with Crippen LogP contribution in [0, 0.1) is 0 Å². The maximum Gasteiger partial charge on any atom is 0.231 e. The highest BCUT2D eigenvalue weighted by Gasteiger charge is 2.56. The zero-order chi connectivity index (χ0) is 15.1. The minimum absolute atomic E-state index is 0.0688. The van der Waals surface area contributed by atoms with E-state index in [0.29, 0.717) is 0 Å². The molecule has 0 saturated carbocycles. The van der Waals surface area contributed by atoms with Crippen LogP contribution in [0.4, 0.5) is 0 Å². The highest BCUT2D eigenvalue weighted by molar-refractivity contribution is 5.52. The van der Waals surface area contributed by atoms with Crippen LogP contribution in [0.25, 0.3) is 0 Å². The van der Waals surface area contributed by atoms with Crippen molar-refractivity contribution in [1.82, 2.24) is 0 Å². The largest absolute Gasteiger partial charge is 0.454 e. The standard InChI is InChI=1S/C17H20NO4/c1-18-3-2-9-4-12(19)17(20)15(16(9)18)11-6-14-13(21-8-22-14)5-10(11)7-18/h4-6,12,15-17,19-20H,2-3,7-8H2,1H3/q+1/t12-,15-,16+,17+,18?/m1/s1. The fraction of sp³-hybridized carbons (Fsp3) is 0.529. The summed E-state index contributed by atoms with van der Waals surface area (Å²) in [5, 5.41) is 20.9. The Hall–Kier alpha value is -1.56. The maximum atomic E-state index is 10.7. The summed E-state index contributed by atoms with van der Waals surface area (Å²) < 4.78 is 11.9. The first kappa shape index (κ1) is 12.9. The highest BCUT2D eigenvalue weighted by Crippen LogP contribution is 2.52. The van der Waals surface area contributed by atoms with Crippen molar-refractivity contribution >= 4 is 0 Å². The molecule has 1 unspecified atom stereocenters. The molecule has 1 aromatic carbocycles. The Balaban J connectivity index is 1.73. The number of ether oxygens (including phenoxy) is 2. The van der Waals surface area contributed by atoms with Gasteiger partial charge in [0, 0.05) is 12.0 Å². The fourth-order valence-electron chi connectivity index (χ4n) is 4.96. The van der Waals surface area contributed by atoms with E-state index in [4.69, 9.17) is 9.47 Å². The first-order valence-electron chi connectivity index (χ1n) is 7.90. The van der Waals surface area contributed by atoms with E-state index in [1.54, 1.807) is 0 Å². The van der Waals surface area contributed by atoms with E-state index in [9.17, 15) is 10.2 Å². The number of benzene rings is 1. The van der Waals surface area contributed by atoms with Gasteiger partial charge in [0.15, 0.2) is 11.5 Å². The predicted octanol–water partition coefficient (Wildman–Crippen LogP) is 0.893. The Labute approximate surface area is 129 Å². The van der Waals surface area contributed by atoms with Crippen molar-refractivity contribution in [2.75, 3.05) is 20.4 Å². The van der Waals surface area contributed by atoms with Crippen LogP contribution in [0.3, 0.4) is 0 Å². The Kier molecular flexibility index (Phi) is 2.38. The lowest BCUT2D eigenvalue weighted by Crippen LogP contribution is -2.58. The molecule has 0 aromatic heterocycles. The third-order valence-electron chi connectivity index (χ3n) is 5.93. The van der Waals surface area contributed by atoms with Crippen molar-refractivity contribution in [2.45, 2.75) is 37.1 Å². The minimum Gasteiger partial charge on any atom is -0.454 e. The van der Waals surface area contributed by atoms with Crippen LogP contribution < -0.4 is 9.47 Å². The number of hydrogen-bond donors (Lipinski definition) is 2. The molecule has 22 heavy (non-hydrogen) atoms. The summed E-state index contributed by atoms with van der Waals surface area (Å²) in [4.78, 5) is 0. The second kappa shape index (κ2) is 4.04. The number of aliphatic hydroxyl groups excluding tert-OH is 2. The molecule has 2 N–H and O–H groups in total. The average Bonchev–Trinajstić information content (AvgIpc) is 3.06. The Bertz CT molecular complexity index is 700. The van der Waals surface area contributed by atoms with E-state index < -0.39 is 12.2 Å². The van der Waals surface area contributed by atoms with Gasteiger partial charge in [0.25, 0.3) is 0 Å². The number of rotatable bonds is 0. The lowest BCUT2D eigenvalue weighted by molar-refractivity contribution is -0.935. The van der Waals surface area contributed by atoms with Gasteiger partial charge in [0.1, 0.15) is 12.6 Å². The van der Waals surface area contributed by atoms with Crippen LogP contribution in [0.2, 0.25) is 0 Å². The second-order valence-corrected chi connectivity index (χ2v) is 7.21. The molecule has 1 aliphatic carbocycles. The van der Waals surface area contributed by atoms with Crippen molar-refractivity contribution in [3.8, 4) is 11.5 Å². The monoisotopic (exact) mass is 302 g/mol. The van der Waals surface area contributed by atoms with Crippen molar-refractivity contribution in [3.05, 3.63) is 34.9 Å². The van der Waals surface area contributed by atoms with Gasteiger partial charge in [-0.25, -0.2) is 0 Å². The molecule has 0 spiro atoms. The normalized spacial score (nSPS) is 41.0. The van der Waals surface area contributed by atoms with Gasteiger partial charge in [-0.15, -0.1) is 0 Å². The number of fused-ring (bicyclic) bond motifs is 3. The van der Waals surface area contributed by atoms with Crippen LogP contribution in [0.15, 0.2) is 23.8 Å². The molecule has 3 heterocycles. The number of nitrogens with zero attached hydrogens (tertiary/aromatic N) is 1. The zero-order valence-electron chi connectivity index (χ0n) is 12.5. The third kappa shape index (κ3) is 1.49. The maximum absolute atomic E-state index is 10.7. The topological polar surface area (TPSA) is 58.9 Å². The van der Waals surface area contributed by atoms with Gasteiger partial charge in [-0.1, -0.05) is 0 Å². The first-order valence-corrected chi connectivity index (χ1v) is 7.90. The average molecular weight is 302 g/mol. The Morgan fingerprint density at radius 3 is 2.77 bits per heavy atom. The summed E-state index contributed by atoms with van der Waals surface area (Å²) >= 11 is 0. The second-order valence-electron chi connectivity index (χ2n) is 7.21. The number of likely N-dealkylation sites (N-methyl/N-ethyl adjacent to an activating group) is 1. The number of hydrogen-bond acceptors (Lipinski definition) is 4. The molecular weight excluding hydrogens is 282 g/mol. The zero-order valence-corrected chi connectivity index (χ0v) is 12.5. The van der Waals surface area contributed by atoms with E-state index in [0.717, 1.165) is 41.1 Å². The van der Waals surface area contributed by atoms with Crippen molar-refractivity contribution in [2.24, 2.45) is 0 Å². The van der Waals surface area contributed by atoms with Crippen LogP contribution >= 0.6 is 0 Å². The van der Waals surface area contributed by atoms with Crippen molar-refractivity contribution in [1.29, 1.82) is 0 Å². The summed E-state index contributed by atoms with van der Waals surface area (Å²) in [6, 6.07) is 4.35. The van der Waals surface area contributed by atoms with Gasteiger partial charge < -0.3 is 24.2 Å². The van der Waals surface area contributed by atoms with Crippen LogP contribution in [-0.4, -0.2) is 53.3 Å². The molecule has 5 atom stereocenters. The SMILES string of the molecule is C[N+]12CCC3=C[C@@H](O)[C@H](O)[C@H](c4cc5c(cc4C1)OCO5)[C@H]32. The Morgan fingerprint density at radius 1 is 1.18 bits per heavy atom. The highest BCUT2D eigenvalue weighted by atomic mass is 16.7. The summed E-state index contributed by atoms with van der Waals surface area (Å²) in [6.45, 7) is 2.25. The summed E-state index contributed by atoms with van der Waals surface area (Å²) in [5.74, 6) is 1.48. The molecule has 0 amide bonds. The van der Waals surface area contributed by atoms with Gasteiger partial charge >= 0.3 is 0 Å². The predicted molar refractivity (Wildman–Crippen MR) is 78.6 cm³/mol. The van der Waals surface area contributed by atoms with Crippen molar-refractivity contribution in [3.63, 3.8) is 0 Å². The van der Waals surface area contributed by atoms with E-state index in [-0.39, 0.29) is 18.8 Å². The van der Waals surface area contributed by atoms with Crippen LogP contribution in [0.1, 0.15) is 23.5 Å². The molecule has 5 heteroatoms. The van der Waals surface area contributed by atoms with Gasteiger partial charge in [0.2, 0.25) is 6.79 Å². The molecular formula is C17H20NO4+.